The zero-order chi connectivity index (χ0) is 49.2. The quantitative estimate of drug-likeness (QED) is 0.135. The third-order valence-electron chi connectivity index (χ3n) is 17.9. The van der Waals surface area contributed by atoms with Crippen LogP contribution in [0.1, 0.15) is 105 Å². The number of para-hydroxylation sites is 2. The summed E-state index contributed by atoms with van der Waals surface area (Å²) in [5.41, 5.74) is 29.6. The van der Waals surface area contributed by atoms with Gasteiger partial charge < -0.3 is 18.1 Å². The van der Waals surface area contributed by atoms with E-state index < -0.39 is 0 Å². The van der Waals surface area contributed by atoms with Gasteiger partial charge in [0, 0.05) is 65.9 Å². The first-order chi connectivity index (χ1) is 34.3. The number of rotatable bonds is 0. The van der Waals surface area contributed by atoms with Crippen molar-refractivity contribution in [2.75, 3.05) is 0 Å². The Morgan fingerprint density at radius 2 is 0.667 bits per heavy atom. The summed E-state index contributed by atoms with van der Waals surface area (Å²) < 4.78 is 11.0. The minimum Gasteiger partial charge on any atom is -0.374 e. The van der Waals surface area contributed by atoms with Crippen LogP contribution in [-0.4, -0.2) is 31.8 Å². The molecule has 6 heteroatoms. The van der Waals surface area contributed by atoms with Gasteiger partial charge in [-0.1, -0.05) is 192 Å². The molecule has 0 unspecified atom stereocenters. The van der Waals surface area contributed by atoms with Crippen LogP contribution in [0.5, 0.6) is 0 Å². The fraction of sp³-hybridized carbons (Fsp3) is 0.242. The van der Waals surface area contributed by atoms with Crippen molar-refractivity contribution in [3.63, 3.8) is 0 Å². The summed E-state index contributed by atoms with van der Waals surface area (Å²) in [5.74, 6) is 0. The number of nitrogens with zero attached hydrogens (tertiary/aromatic N) is 4. The van der Waals surface area contributed by atoms with Crippen LogP contribution in [0.3, 0.4) is 0 Å². The molecule has 0 bridgehead atoms. The van der Waals surface area contributed by atoms with Gasteiger partial charge in [0.25, 0.3) is 0 Å². The second-order valence-corrected chi connectivity index (χ2v) is 26.2. The molecule has 4 aromatic heterocycles. The van der Waals surface area contributed by atoms with Crippen molar-refractivity contribution in [3.05, 3.63) is 156 Å². The lowest BCUT2D eigenvalue weighted by molar-refractivity contribution is 0.589. The van der Waals surface area contributed by atoms with Gasteiger partial charge in [-0.3, -0.25) is 0 Å². The smallest absolute Gasteiger partial charge is 0.333 e. The second-order valence-electron chi connectivity index (χ2n) is 26.2. The number of fused-ring (bicyclic) bond motifs is 21. The predicted octanol–water partition coefficient (Wildman–Crippen LogP) is 14.0. The number of aromatic nitrogens is 4. The van der Waals surface area contributed by atoms with E-state index >= 15 is 0 Å². The Bertz CT molecular complexity index is 4260. The van der Waals surface area contributed by atoms with E-state index in [1.54, 1.807) is 0 Å². The van der Waals surface area contributed by atoms with Gasteiger partial charge in [0.1, 0.15) is 0 Å². The van der Waals surface area contributed by atoms with Gasteiger partial charge in [0.2, 0.25) is 0 Å². The molecule has 0 saturated heterocycles. The number of hydrogen-bond donors (Lipinski definition) is 0. The summed E-state index contributed by atoms with van der Waals surface area (Å²) in [6, 6.07) is 53.7. The molecule has 8 heterocycles. The van der Waals surface area contributed by atoms with E-state index in [-0.39, 0.29) is 35.4 Å². The standard InChI is InChI=1S/C66H58B2N4/c1-63(2,3)35-19-23-39-45-27-25-41-43-15-13-17-47-57(43)71(67-49-29-21-37(65(7,8)9)33-53(49)69(51(39)31-35)59(45)55(41)67)61-48-18-14-16-44-42-26-28-46-40-24-20-36(64(4,5)6)32-52(40)70-54-34-38(66(10,11)12)22-30-50(54)68(56(42)60(46)70)72(58(44)48)62(47)61/h13-34H,1-12H3. The van der Waals surface area contributed by atoms with E-state index in [4.69, 9.17) is 0 Å². The third-order valence-corrected chi connectivity index (χ3v) is 17.9. The monoisotopic (exact) mass is 928 g/mol. The number of benzene rings is 8. The molecule has 4 aliphatic heterocycles. The Morgan fingerprint density at radius 3 is 1.06 bits per heavy atom. The Balaban J connectivity index is 1.07. The Morgan fingerprint density at radius 1 is 0.306 bits per heavy atom. The fourth-order valence-electron chi connectivity index (χ4n) is 14.3. The first kappa shape index (κ1) is 41.4. The molecule has 72 heavy (non-hydrogen) atoms. The third kappa shape index (κ3) is 4.84. The van der Waals surface area contributed by atoms with Crippen LogP contribution >= 0.6 is 0 Å². The zero-order valence-electron chi connectivity index (χ0n) is 43.6. The minimum absolute atomic E-state index is 0.0151. The maximum absolute atomic E-state index is 2.82. The van der Waals surface area contributed by atoms with E-state index in [0.29, 0.717) is 0 Å². The van der Waals surface area contributed by atoms with Crippen molar-refractivity contribution in [2.24, 2.45) is 0 Å². The van der Waals surface area contributed by atoms with Crippen molar-refractivity contribution in [3.8, 4) is 33.6 Å². The average Bonchev–Trinajstić information content (AvgIpc) is 4.07. The molecule has 4 aliphatic rings. The van der Waals surface area contributed by atoms with E-state index in [2.05, 4.69) is 235 Å². The highest BCUT2D eigenvalue weighted by atomic mass is 15.1. The summed E-state index contributed by atoms with van der Waals surface area (Å²) in [6.45, 7) is 28.1. The average molecular weight is 929 g/mol. The zero-order valence-corrected chi connectivity index (χ0v) is 43.6. The highest BCUT2D eigenvalue weighted by molar-refractivity contribution is 6.92. The van der Waals surface area contributed by atoms with E-state index in [1.807, 2.05) is 0 Å². The maximum Gasteiger partial charge on any atom is 0.333 e. The van der Waals surface area contributed by atoms with Gasteiger partial charge in [-0.05, 0) is 101 Å². The Labute approximate surface area is 422 Å². The van der Waals surface area contributed by atoms with Gasteiger partial charge in [-0.15, -0.1) is 0 Å². The Hall–Kier alpha value is -7.17. The summed E-state index contributed by atoms with van der Waals surface area (Å²) in [4.78, 5) is 0. The van der Waals surface area contributed by atoms with Crippen LogP contribution < -0.4 is 21.9 Å². The molecule has 0 aliphatic carbocycles. The highest BCUT2D eigenvalue weighted by Gasteiger charge is 2.47. The summed E-state index contributed by atoms with van der Waals surface area (Å²) in [5, 5.41) is 7.97. The lowest BCUT2D eigenvalue weighted by atomic mass is 9.45. The van der Waals surface area contributed by atoms with Gasteiger partial charge in [0.05, 0.1) is 33.1 Å². The topological polar surface area (TPSA) is 19.7 Å². The molecule has 0 amide bonds. The molecule has 0 N–H and O–H groups in total. The van der Waals surface area contributed by atoms with Gasteiger partial charge >= 0.3 is 13.7 Å². The molecule has 0 radical (unpaired) electrons. The summed E-state index contributed by atoms with van der Waals surface area (Å²) in [6.07, 6.45) is 0. The van der Waals surface area contributed by atoms with Gasteiger partial charge in [-0.25, -0.2) is 0 Å². The lowest BCUT2D eigenvalue weighted by Gasteiger charge is -2.35. The van der Waals surface area contributed by atoms with Crippen LogP contribution in [-0.2, 0) is 21.7 Å². The maximum atomic E-state index is 2.82. The molecular weight excluding hydrogens is 870 g/mol. The summed E-state index contributed by atoms with van der Waals surface area (Å²) >= 11 is 0. The van der Waals surface area contributed by atoms with Crippen LogP contribution in [0, 0.1) is 0 Å². The van der Waals surface area contributed by atoms with Gasteiger partial charge in [-0.2, -0.15) is 0 Å². The predicted molar refractivity (Wildman–Crippen MR) is 310 cm³/mol. The molecule has 0 atom stereocenters. The molecule has 0 fully saturated rings. The molecule has 16 rings (SSSR count). The molecule has 4 nitrogen and oxygen atoms in total. The molecular formula is C66H58B2N4. The van der Waals surface area contributed by atoms with E-state index in [1.165, 1.54) is 154 Å². The van der Waals surface area contributed by atoms with Crippen molar-refractivity contribution in [2.45, 2.75) is 105 Å². The number of hydrogen-bond acceptors (Lipinski definition) is 0. The van der Waals surface area contributed by atoms with Crippen molar-refractivity contribution in [1.29, 1.82) is 0 Å². The lowest BCUT2D eigenvalue weighted by Crippen LogP contribution is -2.55. The Kier molecular flexibility index (Phi) is 7.31. The van der Waals surface area contributed by atoms with Gasteiger partial charge in [0.15, 0.2) is 0 Å². The van der Waals surface area contributed by atoms with Crippen LogP contribution in [0.4, 0.5) is 0 Å². The first-order valence-electron chi connectivity index (χ1n) is 26.4. The van der Waals surface area contributed by atoms with Crippen LogP contribution in [0.15, 0.2) is 133 Å². The fourth-order valence-corrected chi connectivity index (χ4v) is 14.3. The van der Waals surface area contributed by atoms with Crippen molar-refractivity contribution < 1.29 is 0 Å². The molecule has 0 saturated carbocycles. The second kappa shape index (κ2) is 12.7. The van der Waals surface area contributed by atoms with Crippen molar-refractivity contribution >= 4 is 112 Å². The first-order valence-corrected chi connectivity index (χ1v) is 26.4. The molecule has 348 valence electrons. The van der Waals surface area contributed by atoms with Crippen molar-refractivity contribution in [1.82, 2.24) is 18.1 Å². The summed E-state index contributed by atoms with van der Waals surface area (Å²) in [7, 11) is 0. The minimum atomic E-state index is -0.0356. The normalized spacial score (nSPS) is 14.6. The molecule has 0 spiro atoms. The van der Waals surface area contributed by atoms with E-state index in [9.17, 15) is 0 Å². The molecule has 8 aromatic carbocycles. The molecule has 12 aromatic rings. The van der Waals surface area contributed by atoms with Crippen LogP contribution in [0.25, 0.3) is 110 Å². The van der Waals surface area contributed by atoms with Crippen LogP contribution in [0.2, 0.25) is 0 Å². The highest BCUT2D eigenvalue weighted by Crippen LogP contribution is 2.50. The SMILES string of the molecule is CC(C)(C)c1ccc2c(c1)-n1c3cc(C(C)(C)C)ccc3c3ccc4c(c31)B2n1c2c-4cccc2c2c1c1cccc3c1n2B1c2ccc(C(C)(C)C)cc2-n2c4cc(C(C)(C)C)ccc4c4ccc-3c1c42. The van der Waals surface area contributed by atoms with E-state index in [0.717, 1.165) is 0 Å². The largest absolute Gasteiger partial charge is 0.374 e.